The third kappa shape index (κ3) is 6.46. The van der Waals surface area contributed by atoms with Gasteiger partial charge in [-0.1, -0.05) is 17.7 Å². The number of carbonyl (C=O) groups is 1. The lowest BCUT2D eigenvalue weighted by molar-refractivity contribution is -0.139. The van der Waals surface area contributed by atoms with Crippen molar-refractivity contribution < 1.29 is 14.3 Å². The number of amides is 1. The van der Waals surface area contributed by atoms with Crippen LogP contribution in [0.15, 0.2) is 36.7 Å². The maximum Gasteiger partial charge on any atom is 0.223 e. The Balaban J connectivity index is 1.50. The van der Waals surface area contributed by atoms with E-state index in [1.165, 1.54) is 11.1 Å². The highest BCUT2D eigenvalue weighted by Gasteiger charge is 2.39. The minimum Gasteiger partial charge on any atom is -0.493 e. The van der Waals surface area contributed by atoms with Gasteiger partial charge in [0, 0.05) is 55.4 Å². The van der Waals surface area contributed by atoms with E-state index in [4.69, 9.17) is 21.1 Å². The van der Waals surface area contributed by atoms with Gasteiger partial charge in [0.1, 0.15) is 5.75 Å². The molecule has 3 heterocycles. The van der Waals surface area contributed by atoms with Gasteiger partial charge >= 0.3 is 0 Å². The quantitative estimate of drug-likeness (QED) is 0.603. The van der Waals surface area contributed by atoms with Gasteiger partial charge in [-0.05, 0) is 68.1 Å². The number of hydrogen-bond donors (Lipinski definition) is 0. The molecule has 1 atom stereocenters. The van der Waals surface area contributed by atoms with Crippen LogP contribution in [0.2, 0.25) is 5.02 Å². The number of aromatic nitrogens is 1. The highest BCUT2D eigenvalue weighted by atomic mass is 35.5. The van der Waals surface area contributed by atoms with E-state index >= 15 is 0 Å². The van der Waals surface area contributed by atoms with Crippen LogP contribution < -0.4 is 4.74 Å². The van der Waals surface area contributed by atoms with Crippen LogP contribution in [0, 0.1) is 19.3 Å². The molecule has 2 aliphatic rings. The van der Waals surface area contributed by atoms with Crippen LogP contribution in [0.1, 0.15) is 36.0 Å². The van der Waals surface area contributed by atoms with Gasteiger partial charge in [-0.15, -0.1) is 0 Å². The van der Waals surface area contributed by atoms with E-state index in [9.17, 15) is 4.79 Å². The monoisotopic (exact) mass is 471 g/mol. The standard InChI is InChI=1S/C26H34ClN3O3/c1-20-12-22(16-28-15-20)17-29-7-3-6-26(18-29,14-25(31)30-8-10-32-11-9-30)19-33-23-4-5-24(27)21(2)13-23/h4-5,12-13,15-16H,3,6-11,14,17-19H2,1-2H3/t26-/m1/s1. The molecule has 1 amide bonds. The van der Waals surface area contributed by atoms with E-state index in [1.807, 2.05) is 42.4 Å². The number of likely N-dealkylation sites (tertiary alicyclic amines) is 1. The van der Waals surface area contributed by atoms with Crippen molar-refractivity contribution in [2.24, 2.45) is 5.41 Å². The van der Waals surface area contributed by atoms with Crippen molar-refractivity contribution in [2.45, 2.75) is 39.7 Å². The number of nitrogens with zero attached hydrogens (tertiary/aromatic N) is 3. The van der Waals surface area contributed by atoms with Crippen molar-refractivity contribution in [1.82, 2.24) is 14.8 Å². The number of morpholine rings is 1. The minimum atomic E-state index is -0.238. The topological polar surface area (TPSA) is 54.9 Å². The fraction of sp³-hybridized carbons (Fsp3) is 0.538. The minimum absolute atomic E-state index is 0.202. The molecule has 1 aromatic heterocycles. The molecule has 6 nitrogen and oxygen atoms in total. The Labute approximate surface area is 201 Å². The molecule has 0 N–H and O–H groups in total. The Morgan fingerprint density at radius 1 is 1.18 bits per heavy atom. The van der Waals surface area contributed by atoms with E-state index in [-0.39, 0.29) is 11.3 Å². The molecule has 0 spiro atoms. The van der Waals surface area contributed by atoms with Crippen LogP contribution in [-0.2, 0) is 16.1 Å². The average molecular weight is 472 g/mol. The molecule has 0 radical (unpaired) electrons. The molecule has 0 saturated carbocycles. The lowest BCUT2D eigenvalue weighted by Gasteiger charge is -2.43. The molecule has 0 bridgehead atoms. The summed E-state index contributed by atoms with van der Waals surface area (Å²) in [6, 6.07) is 7.94. The van der Waals surface area contributed by atoms with Gasteiger partial charge in [0.15, 0.2) is 0 Å². The fourth-order valence-corrected chi connectivity index (χ4v) is 5.03. The fourth-order valence-electron chi connectivity index (χ4n) is 4.91. The van der Waals surface area contributed by atoms with Crippen LogP contribution in [0.25, 0.3) is 0 Å². The second-order valence-corrected chi connectivity index (χ2v) is 9.96. The summed E-state index contributed by atoms with van der Waals surface area (Å²) in [4.78, 5) is 22.0. The maximum atomic E-state index is 13.3. The van der Waals surface area contributed by atoms with Gasteiger partial charge in [-0.25, -0.2) is 0 Å². The number of benzene rings is 1. The third-order valence-electron chi connectivity index (χ3n) is 6.64. The first-order chi connectivity index (χ1) is 15.9. The molecule has 0 aliphatic carbocycles. The van der Waals surface area contributed by atoms with E-state index in [2.05, 4.69) is 22.9 Å². The zero-order valence-corrected chi connectivity index (χ0v) is 20.4. The summed E-state index contributed by atoms with van der Waals surface area (Å²) in [6.07, 6.45) is 6.32. The summed E-state index contributed by atoms with van der Waals surface area (Å²) in [5, 5.41) is 0.732. The molecule has 7 heteroatoms. The number of hydrogen-bond acceptors (Lipinski definition) is 5. The summed E-state index contributed by atoms with van der Waals surface area (Å²) >= 11 is 6.19. The van der Waals surface area contributed by atoms with Crippen molar-refractivity contribution in [2.75, 3.05) is 46.0 Å². The van der Waals surface area contributed by atoms with Crippen LogP contribution in [-0.4, -0.2) is 66.7 Å². The van der Waals surface area contributed by atoms with Crippen molar-refractivity contribution in [3.05, 3.63) is 58.4 Å². The SMILES string of the molecule is Cc1cncc(CN2CCC[C@@](COc3ccc(Cl)c(C)c3)(CC(=O)N3CCOCC3)C2)c1. The lowest BCUT2D eigenvalue weighted by Crippen LogP contribution is -2.50. The summed E-state index contributed by atoms with van der Waals surface area (Å²) in [6.45, 7) is 9.80. The highest BCUT2D eigenvalue weighted by Crippen LogP contribution is 2.36. The summed E-state index contributed by atoms with van der Waals surface area (Å²) < 4.78 is 11.7. The van der Waals surface area contributed by atoms with Crippen LogP contribution in [0.5, 0.6) is 5.75 Å². The highest BCUT2D eigenvalue weighted by molar-refractivity contribution is 6.31. The lowest BCUT2D eigenvalue weighted by atomic mass is 9.77. The molecular formula is C26H34ClN3O3. The molecule has 2 aromatic rings. The van der Waals surface area contributed by atoms with Gasteiger partial charge in [-0.2, -0.15) is 0 Å². The summed E-state index contributed by atoms with van der Waals surface area (Å²) in [7, 11) is 0. The number of pyridine rings is 1. The van der Waals surface area contributed by atoms with Gasteiger partial charge in [-0.3, -0.25) is 14.7 Å². The molecule has 4 rings (SSSR count). The van der Waals surface area contributed by atoms with Gasteiger partial charge in [0.25, 0.3) is 0 Å². The Hall–Kier alpha value is -2.15. The largest absolute Gasteiger partial charge is 0.493 e. The van der Waals surface area contributed by atoms with Crippen molar-refractivity contribution in [3.63, 3.8) is 0 Å². The molecule has 2 saturated heterocycles. The predicted octanol–water partition coefficient (Wildman–Crippen LogP) is 4.26. The Morgan fingerprint density at radius 3 is 2.76 bits per heavy atom. The summed E-state index contributed by atoms with van der Waals surface area (Å²) in [5.74, 6) is 1.00. The second kappa shape index (κ2) is 10.9. The number of aryl methyl sites for hydroxylation is 2. The molecule has 2 aliphatic heterocycles. The molecular weight excluding hydrogens is 438 g/mol. The Kier molecular flexibility index (Phi) is 7.89. The van der Waals surface area contributed by atoms with E-state index < -0.39 is 0 Å². The maximum absolute atomic E-state index is 13.3. The molecule has 178 valence electrons. The van der Waals surface area contributed by atoms with Crippen LogP contribution in [0.3, 0.4) is 0 Å². The number of carbonyl (C=O) groups excluding carboxylic acids is 1. The third-order valence-corrected chi connectivity index (χ3v) is 7.07. The van der Waals surface area contributed by atoms with Gasteiger partial charge < -0.3 is 14.4 Å². The first-order valence-electron chi connectivity index (χ1n) is 11.8. The average Bonchev–Trinajstić information content (AvgIpc) is 2.81. The second-order valence-electron chi connectivity index (χ2n) is 9.55. The number of rotatable bonds is 7. The Morgan fingerprint density at radius 2 is 2.00 bits per heavy atom. The smallest absolute Gasteiger partial charge is 0.223 e. The van der Waals surface area contributed by atoms with Gasteiger partial charge in [0.2, 0.25) is 5.91 Å². The predicted molar refractivity (Wildman–Crippen MR) is 130 cm³/mol. The molecule has 33 heavy (non-hydrogen) atoms. The first kappa shape index (κ1) is 24.0. The van der Waals surface area contributed by atoms with Crippen molar-refractivity contribution in [1.29, 1.82) is 0 Å². The van der Waals surface area contributed by atoms with E-state index in [0.29, 0.717) is 39.3 Å². The number of piperidine rings is 1. The number of ether oxygens (including phenoxy) is 2. The molecule has 2 fully saturated rings. The zero-order chi connectivity index (χ0) is 23.3. The van der Waals surface area contributed by atoms with Crippen molar-refractivity contribution >= 4 is 17.5 Å². The normalized spacial score (nSPS) is 21.7. The van der Waals surface area contributed by atoms with E-state index in [1.54, 1.807) is 0 Å². The molecule has 0 unspecified atom stereocenters. The van der Waals surface area contributed by atoms with Crippen LogP contribution >= 0.6 is 11.6 Å². The molecule has 1 aromatic carbocycles. The zero-order valence-electron chi connectivity index (χ0n) is 19.7. The van der Waals surface area contributed by atoms with Crippen molar-refractivity contribution in [3.8, 4) is 5.75 Å². The van der Waals surface area contributed by atoms with E-state index in [0.717, 1.165) is 48.8 Å². The first-order valence-corrected chi connectivity index (χ1v) is 12.2. The van der Waals surface area contributed by atoms with Gasteiger partial charge in [0.05, 0.1) is 19.8 Å². The Bertz CT molecular complexity index is 964. The summed E-state index contributed by atoms with van der Waals surface area (Å²) in [5.41, 5.74) is 3.13. The number of halogens is 1. The van der Waals surface area contributed by atoms with Crippen LogP contribution in [0.4, 0.5) is 0 Å².